The SMILES string of the molecule is O=C(NC[C@H]1COCCN1C(=O)C1(c2ccccc2)CC1)c1ccc(-c2noc(C(F)(F)F)n2)cc1. The van der Waals surface area contributed by atoms with Gasteiger partial charge in [-0.3, -0.25) is 9.59 Å². The van der Waals surface area contributed by atoms with Gasteiger partial charge >= 0.3 is 12.1 Å². The first-order valence-corrected chi connectivity index (χ1v) is 11.5. The number of morpholine rings is 1. The van der Waals surface area contributed by atoms with Gasteiger partial charge in [0.05, 0.1) is 24.7 Å². The molecule has 0 spiro atoms. The fourth-order valence-corrected chi connectivity index (χ4v) is 4.41. The number of nitrogens with zero attached hydrogens (tertiary/aromatic N) is 3. The van der Waals surface area contributed by atoms with E-state index in [9.17, 15) is 22.8 Å². The van der Waals surface area contributed by atoms with Crippen LogP contribution in [0.4, 0.5) is 13.2 Å². The number of carbonyl (C=O) groups is 2. The monoisotopic (exact) mass is 500 g/mol. The molecule has 1 saturated carbocycles. The molecule has 1 aliphatic heterocycles. The van der Waals surface area contributed by atoms with Crippen LogP contribution in [0.3, 0.4) is 0 Å². The number of alkyl halides is 3. The van der Waals surface area contributed by atoms with Gasteiger partial charge in [-0.1, -0.05) is 47.6 Å². The number of carbonyl (C=O) groups excluding carboxylic acids is 2. The first kappa shape index (κ1) is 24.0. The second-order valence-electron chi connectivity index (χ2n) is 8.88. The summed E-state index contributed by atoms with van der Waals surface area (Å²) in [6.07, 6.45) is -3.14. The summed E-state index contributed by atoms with van der Waals surface area (Å²) >= 11 is 0. The van der Waals surface area contributed by atoms with Gasteiger partial charge < -0.3 is 19.5 Å². The van der Waals surface area contributed by atoms with E-state index < -0.39 is 17.5 Å². The maximum atomic E-state index is 13.5. The van der Waals surface area contributed by atoms with Gasteiger partial charge in [-0.2, -0.15) is 18.2 Å². The molecule has 2 heterocycles. The maximum Gasteiger partial charge on any atom is 0.471 e. The van der Waals surface area contributed by atoms with Gasteiger partial charge in [0.25, 0.3) is 5.91 Å². The molecule has 1 saturated heterocycles. The zero-order valence-electron chi connectivity index (χ0n) is 19.1. The number of aromatic nitrogens is 2. The number of rotatable bonds is 6. The van der Waals surface area contributed by atoms with Crippen molar-refractivity contribution < 1.29 is 32.0 Å². The van der Waals surface area contributed by atoms with Gasteiger partial charge in [0.2, 0.25) is 11.7 Å². The topological polar surface area (TPSA) is 97.6 Å². The van der Waals surface area contributed by atoms with Crippen molar-refractivity contribution >= 4 is 11.8 Å². The normalized spacial score (nSPS) is 19.1. The number of hydrogen-bond donors (Lipinski definition) is 1. The Hall–Kier alpha value is -3.73. The zero-order valence-corrected chi connectivity index (χ0v) is 19.1. The van der Waals surface area contributed by atoms with Crippen LogP contribution in [0.2, 0.25) is 0 Å². The largest absolute Gasteiger partial charge is 0.471 e. The molecule has 5 rings (SSSR count). The highest BCUT2D eigenvalue weighted by molar-refractivity contribution is 5.95. The van der Waals surface area contributed by atoms with E-state index >= 15 is 0 Å². The van der Waals surface area contributed by atoms with Crippen LogP contribution in [-0.2, 0) is 21.1 Å². The van der Waals surface area contributed by atoms with E-state index in [-0.39, 0.29) is 35.8 Å². The van der Waals surface area contributed by atoms with Crippen LogP contribution < -0.4 is 5.32 Å². The van der Waals surface area contributed by atoms with Crippen molar-refractivity contribution in [3.8, 4) is 11.4 Å². The van der Waals surface area contributed by atoms with E-state index in [1.807, 2.05) is 30.3 Å². The van der Waals surface area contributed by atoms with Crippen LogP contribution in [-0.4, -0.2) is 59.2 Å². The molecule has 1 aliphatic carbocycles. The number of benzene rings is 2. The van der Waals surface area contributed by atoms with Crippen LogP contribution in [0, 0.1) is 0 Å². The summed E-state index contributed by atoms with van der Waals surface area (Å²) in [5.74, 6) is -1.99. The molecule has 0 bridgehead atoms. The van der Waals surface area contributed by atoms with Crippen molar-refractivity contribution in [1.82, 2.24) is 20.4 Å². The lowest BCUT2D eigenvalue weighted by atomic mass is 9.93. The van der Waals surface area contributed by atoms with Gasteiger partial charge in [-0.25, -0.2) is 0 Å². The van der Waals surface area contributed by atoms with E-state index in [0.29, 0.717) is 25.3 Å². The molecule has 1 N–H and O–H groups in total. The van der Waals surface area contributed by atoms with Crippen molar-refractivity contribution in [2.75, 3.05) is 26.3 Å². The molecular formula is C25H23F3N4O4. The first-order valence-electron chi connectivity index (χ1n) is 11.5. The van der Waals surface area contributed by atoms with E-state index in [4.69, 9.17) is 4.74 Å². The lowest BCUT2D eigenvalue weighted by Crippen LogP contribution is -2.56. The summed E-state index contributed by atoms with van der Waals surface area (Å²) in [4.78, 5) is 31.4. The number of amides is 2. The highest BCUT2D eigenvalue weighted by Crippen LogP contribution is 2.50. The molecular weight excluding hydrogens is 477 g/mol. The summed E-state index contributed by atoms with van der Waals surface area (Å²) in [5, 5.41) is 6.18. The van der Waals surface area contributed by atoms with E-state index in [1.54, 1.807) is 4.90 Å². The van der Waals surface area contributed by atoms with Crippen LogP contribution in [0.1, 0.15) is 34.7 Å². The lowest BCUT2D eigenvalue weighted by molar-refractivity contribution is -0.159. The predicted molar refractivity (Wildman–Crippen MR) is 121 cm³/mol. The third-order valence-corrected chi connectivity index (χ3v) is 6.55. The highest BCUT2D eigenvalue weighted by Gasteiger charge is 2.54. The van der Waals surface area contributed by atoms with Crippen LogP contribution in [0.5, 0.6) is 0 Å². The Bertz CT molecular complexity index is 1240. The minimum Gasteiger partial charge on any atom is -0.377 e. The summed E-state index contributed by atoms with van der Waals surface area (Å²) in [6, 6.07) is 15.2. The Morgan fingerprint density at radius 3 is 2.44 bits per heavy atom. The molecule has 0 unspecified atom stereocenters. The standard InChI is InChI=1S/C25H23F3N4O4/c26-25(27,28)22-30-20(31-36-22)16-6-8-17(9-7-16)21(33)29-14-19-15-35-13-12-32(19)23(34)24(10-11-24)18-4-2-1-3-5-18/h1-9,19H,10-15H2,(H,29,33)/t19-/m0/s1. The third-order valence-electron chi connectivity index (χ3n) is 6.55. The maximum absolute atomic E-state index is 13.5. The molecule has 1 atom stereocenters. The average Bonchev–Trinajstić information content (AvgIpc) is 3.55. The van der Waals surface area contributed by atoms with E-state index in [2.05, 4.69) is 20.0 Å². The van der Waals surface area contributed by atoms with Gasteiger partial charge in [-0.05, 0) is 30.5 Å². The van der Waals surface area contributed by atoms with Crippen molar-refractivity contribution in [2.24, 2.45) is 0 Å². The van der Waals surface area contributed by atoms with Gasteiger partial charge in [0, 0.05) is 24.2 Å². The Morgan fingerprint density at radius 2 is 1.81 bits per heavy atom. The van der Waals surface area contributed by atoms with Crippen LogP contribution in [0.15, 0.2) is 59.1 Å². The molecule has 0 radical (unpaired) electrons. The molecule has 11 heteroatoms. The molecule has 2 fully saturated rings. The predicted octanol–water partition coefficient (Wildman–Crippen LogP) is 3.44. The van der Waals surface area contributed by atoms with Crippen LogP contribution in [0.25, 0.3) is 11.4 Å². The van der Waals surface area contributed by atoms with Gasteiger partial charge in [-0.15, -0.1) is 0 Å². The molecule has 8 nitrogen and oxygen atoms in total. The second kappa shape index (κ2) is 9.38. The quantitative estimate of drug-likeness (QED) is 0.557. The molecule has 188 valence electrons. The Morgan fingerprint density at radius 1 is 1.08 bits per heavy atom. The minimum atomic E-state index is -4.73. The number of ether oxygens (including phenoxy) is 1. The fraction of sp³-hybridized carbons (Fsp3) is 0.360. The second-order valence-corrected chi connectivity index (χ2v) is 8.88. The highest BCUT2D eigenvalue weighted by atomic mass is 19.4. The molecule has 2 amide bonds. The first-order chi connectivity index (χ1) is 17.3. The van der Waals surface area contributed by atoms with Crippen molar-refractivity contribution in [3.05, 3.63) is 71.6 Å². The van der Waals surface area contributed by atoms with Crippen LogP contribution >= 0.6 is 0 Å². The van der Waals surface area contributed by atoms with Gasteiger partial charge in [0.15, 0.2) is 0 Å². The molecule has 2 aliphatic rings. The number of nitrogens with one attached hydrogen (secondary N) is 1. The van der Waals surface area contributed by atoms with Crippen molar-refractivity contribution in [3.63, 3.8) is 0 Å². The lowest BCUT2D eigenvalue weighted by Gasteiger charge is -2.38. The zero-order chi connectivity index (χ0) is 25.3. The van der Waals surface area contributed by atoms with E-state index in [0.717, 1.165) is 18.4 Å². The molecule has 2 aromatic carbocycles. The summed E-state index contributed by atoms with van der Waals surface area (Å²) in [5.41, 5.74) is 1.08. The Balaban J connectivity index is 1.22. The average molecular weight is 500 g/mol. The van der Waals surface area contributed by atoms with Crippen molar-refractivity contribution in [2.45, 2.75) is 30.5 Å². The smallest absolute Gasteiger partial charge is 0.377 e. The summed E-state index contributed by atoms with van der Waals surface area (Å²) in [6.45, 7) is 1.41. The van der Waals surface area contributed by atoms with Crippen molar-refractivity contribution in [1.29, 1.82) is 0 Å². The third kappa shape index (κ3) is 4.70. The minimum absolute atomic E-state index is 0.0546. The molecule has 36 heavy (non-hydrogen) atoms. The molecule has 1 aromatic heterocycles. The summed E-state index contributed by atoms with van der Waals surface area (Å²) < 4.78 is 47.9. The fourth-order valence-electron chi connectivity index (χ4n) is 4.41. The molecule has 3 aromatic rings. The Labute approximate surface area is 204 Å². The number of hydrogen-bond acceptors (Lipinski definition) is 6. The summed E-state index contributed by atoms with van der Waals surface area (Å²) in [7, 11) is 0. The van der Waals surface area contributed by atoms with E-state index in [1.165, 1.54) is 24.3 Å². The Kier molecular flexibility index (Phi) is 6.25. The van der Waals surface area contributed by atoms with Gasteiger partial charge in [0.1, 0.15) is 0 Å². The number of halogens is 3.